The van der Waals surface area contributed by atoms with Crippen molar-refractivity contribution in [1.82, 2.24) is 13.9 Å². The third-order valence-electron chi connectivity index (χ3n) is 4.56. The number of thiocarbonyl (C=S) groups is 1. The number of piperazine rings is 1. The first-order chi connectivity index (χ1) is 13.3. The molecule has 0 aromatic carbocycles. The van der Waals surface area contributed by atoms with Gasteiger partial charge in [-0.05, 0) is 12.0 Å². The summed E-state index contributed by atoms with van der Waals surface area (Å²) >= 11 is 5.14. The maximum absolute atomic E-state index is 13.1. The molecule has 1 atom stereocenters. The number of nitro groups is 1. The van der Waals surface area contributed by atoms with Gasteiger partial charge < -0.3 is 5.32 Å². The summed E-state index contributed by atoms with van der Waals surface area (Å²) in [5.74, 6) is 0.116. The SMILES string of the molecule is CC(C)CN(C[C@H]1CN(S(=O)(=O)C2=CC([N+](=O)[O-])=CCC2=S)CCN1)S(C)(=O)=O. The molecule has 1 heterocycles. The summed E-state index contributed by atoms with van der Waals surface area (Å²) in [6.07, 6.45) is 3.43. The summed E-state index contributed by atoms with van der Waals surface area (Å²) in [6.45, 7) is 4.81. The largest absolute Gasteiger partial charge is 0.310 e. The molecule has 0 saturated carbocycles. The Morgan fingerprint density at radius 2 is 2.03 bits per heavy atom. The van der Waals surface area contributed by atoms with Gasteiger partial charge in [-0.15, -0.1) is 0 Å². The molecule has 29 heavy (non-hydrogen) atoms. The van der Waals surface area contributed by atoms with Crippen LogP contribution in [0.15, 0.2) is 22.8 Å². The summed E-state index contributed by atoms with van der Waals surface area (Å²) in [7, 11) is -7.48. The summed E-state index contributed by atoms with van der Waals surface area (Å²) < 4.78 is 52.9. The predicted molar refractivity (Wildman–Crippen MR) is 114 cm³/mol. The van der Waals surface area contributed by atoms with Crippen LogP contribution in [0.25, 0.3) is 0 Å². The highest BCUT2D eigenvalue weighted by Gasteiger charge is 2.36. The smallest absolute Gasteiger partial charge is 0.267 e. The van der Waals surface area contributed by atoms with Crippen LogP contribution in [0.5, 0.6) is 0 Å². The van der Waals surface area contributed by atoms with Crippen LogP contribution < -0.4 is 5.32 Å². The molecular formula is C16H26N4O6S3. The molecule has 0 aromatic heterocycles. The Labute approximate surface area is 176 Å². The molecule has 0 unspecified atom stereocenters. The fraction of sp³-hybridized carbons (Fsp3) is 0.688. The summed E-state index contributed by atoms with van der Waals surface area (Å²) in [5.41, 5.74) is -0.302. The first-order valence-electron chi connectivity index (χ1n) is 9.10. The molecule has 0 amide bonds. The number of hydrogen-bond acceptors (Lipinski definition) is 8. The average Bonchev–Trinajstić information content (AvgIpc) is 2.60. The Hall–Kier alpha value is -1.25. The van der Waals surface area contributed by atoms with E-state index in [9.17, 15) is 26.9 Å². The molecule has 0 aromatic rings. The molecule has 13 heteroatoms. The van der Waals surface area contributed by atoms with Crippen LogP contribution >= 0.6 is 12.2 Å². The van der Waals surface area contributed by atoms with Crippen molar-refractivity contribution in [3.05, 3.63) is 32.9 Å². The minimum absolute atomic E-state index is 0.0163. The van der Waals surface area contributed by atoms with E-state index in [1.165, 1.54) is 14.7 Å². The standard InChI is InChI=1S/C16H26N4O6S3/c1-12(2)9-19(28(3,23)24)11-13-10-18(7-6-17-13)29(25,26)16-8-14(20(21)22)4-5-15(16)27/h4,8,12-13,17H,5-7,9-11H2,1-3H3/t13-/m1/s1. The lowest BCUT2D eigenvalue weighted by Gasteiger charge is -2.36. The van der Waals surface area contributed by atoms with Crippen molar-refractivity contribution >= 4 is 37.1 Å². The van der Waals surface area contributed by atoms with Crippen LogP contribution in [0.1, 0.15) is 20.3 Å². The van der Waals surface area contributed by atoms with E-state index in [0.717, 1.165) is 12.3 Å². The number of rotatable bonds is 8. The van der Waals surface area contributed by atoms with Gasteiger partial charge in [0, 0.05) is 56.1 Å². The van der Waals surface area contributed by atoms with E-state index in [4.69, 9.17) is 12.2 Å². The molecule has 1 aliphatic carbocycles. The summed E-state index contributed by atoms with van der Waals surface area (Å²) in [6, 6.07) is -0.407. The number of nitrogens with zero attached hydrogens (tertiary/aromatic N) is 3. The Kier molecular flexibility index (Phi) is 7.68. The monoisotopic (exact) mass is 466 g/mol. The second-order valence-electron chi connectivity index (χ2n) is 7.51. The molecule has 0 spiro atoms. The molecule has 164 valence electrons. The highest BCUT2D eigenvalue weighted by atomic mass is 32.2. The third kappa shape index (κ3) is 6.12. The van der Waals surface area contributed by atoms with Gasteiger partial charge in [-0.25, -0.2) is 21.1 Å². The zero-order chi connectivity index (χ0) is 22.0. The average molecular weight is 467 g/mol. The maximum Gasteiger partial charge on any atom is 0.267 e. The van der Waals surface area contributed by atoms with Crippen molar-refractivity contribution in [3.63, 3.8) is 0 Å². The second kappa shape index (κ2) is 9.27. The lowest BCUT2D eigenvalue weighted by molar-refractivity contribution is -0.419. The molecule has 1 saturated heterocycles. The lowest BCUT2D eigenvalue weighted by Crippen LogP contribution is -2.57. The van der Waals surface area contributed by atoms with Crippen molar-refractivity contribution < 1.29 is 21.8 Å². The van der Waals surface area contributed by atoms with E-state index in [0.29, 0.717) is 13.1 Å². The van der Waals surface area contributed by atoms with E-state index < -0.39 is 31.0 Å². The Balaban J connectivity index is 2.22. The fourth-order valence-corrected chi connectivity index (χ4v) is 6.29. The zero-order valence-corrected chi connectivity index (χ0v) is 19.0. The van der Waals surface area contributed by atoms with E-state index >= 15 is 0 Å². The van der Waals surface area contributed by atoms with Crippen LogP contribution in [0.2, 0.25) is 0 Å². The van der Waals surface area contributed by atoms with Gasteiger partial charge in [-0.3, -0.25) is 10.1 Å². The highest BCUT2D eigenvalue weighted by Crippen LogP contribution is 2.25. The first-order valence-corrected chi connectivity index (χ1v) is 12.8. The predicted octanol–water partition coefficient (Wildman–Crippen LogP) is 0.326. The van der Waals surface area contributed by atoms with Crippen LogP contribution in [0.4, 0.5) is 0 Å². The van der Waals surface area contributed by atoms with Crippen molar-refractivity contribution in [1.29, 1.82) is 0 Å². The van der Waals surface area contributed by atoms with Crippen molar-refractivity contribution in [2.75, 3.05) is 39.0 Å². The lowest BCUT2D eigenvalue weighted by atomic mass is 10.1. The molecule has 0 bridgehead atoms. The van der Waals surface area contributed by atoms with E-state index in [2.05, 4.69) is 5.32 Å². The number of hydrogen-bond donors (Lipinski definition) is 1. The molecule has 2 rings (SSSR count). The Morgan fingerprint density at radius 1 is 1.38 bits per heavy atom. The molecule has 10 nitrogen and oxygen atoms in total. The van der Waals surface area contributed by atoms with Gasteiger partial charge in [0.15, 0.2) is 0 Å². The molecule has 2 aliphatic rings. The minimum atomic E-state index is -4.03. The summed E-state index contributed by atoms with van der Waals surface area (Å²) in [4.78, 5) is 10.3. The van der Waals surface area contributed by atoms with Crippen LogP contribution in [0, 0.1) is 16.0 Å². The van der Waals surface area contributed by atoms with E-state index in [1.54, 1.807) is 0 Å². The number of sulfonamides is 2. The molecule has 1 fully saturated rings. The highest BCUT2D eigenvalue weighted by molar-refractivity contribution is 7.96. The fourth-order valence-electron chi connectivity index (χ4n) is 3.19. The molecule has 1 aliphatic heterocycles. The Morgan fingerprint density at radius 3 is 2.59 bits per heavy atom. The quantitative estimate of drug-likeness (QED) is 0.308. The Bertz CT molecular complexity index is 940. The number of allylic oxidation sites excluding steroid dienone is 3. The molecule has 0 radical (unpaired) electrons. The van der Waals surface area contributed by atoms with Crippen molar-refractivity contribution in [3.8, 4) is 0 Å². The van der Waals surface area contributed by atoms with Gasteiger partial charge in [0.1, 0.15) is 4.91 Å². The van der Waals surface area contributed by atoms with Crippen LogP contribution in [-0.2, 0) is 20.0 Å². The second-order valence-corrected chi connectivity index (χ2v) is 11.9. The molecular weight excluding hydrogens is 440 g/mol. The topological polar surface area (TPSA) is 130 Å². The van der Waals surface area contributed by atoms with Gasteiger partial charge in [0.25, 0.3) is 5.70 Å². The number of nitrogens with one attached hydrogen (secondary N) is 1. The van der Waals surface area contributed by atoms with Gasteiger partial charge in [0.2, 0.25) is 20.0 Å². The maximum atomic E-state index is 13.1. The van der Waals surface area contributed by atoms with E-state index in [1.807, 2.05) is 13.8 Å². The normalized spacial score (nSPS) is 22.0. The van der Waals surface area contributed by atoms with Crippen LogP contribution in [-0.4, -0.2) is 80.3 Å². The van der Waals surface area contributed by atoms with Gasteiger partial charge in [-0.1, -0.05) is 26.1 Å². The van der Waals surface area contributed by atoms with Crippen molar-refractivity contribution in [2.24, 2.45) is 5.92 Å². The van der Waals surface area contributed by atoms with Gasteiger partial charge >= 0.3 is 0 Å². The van der Waals surface area contributed by atoms with E-state index in [-0.39, 0.29) is 47.4 Å². The molecule has 1 N–H and O–H groups in total. The van der Waals surface area contributed by atoms with Gasteiger partial charge in [0.05, 0.1) is 11.2 Å². The van der Waals surface area contributed by atoms with Gasteiger partial charge in [-0.2, -0.15) is 4.31 Å². The zero-order valence-electron chi connectivity index (χ0n) is 16.6. The van der Waals surface area contributed by atoms with Crippen molar-refractivity contribution in [2.45, 2.75) is 26.3 Å². The first kappa shape index (κ1) is 24.0. The third-order valence-corrected chi connectivity index (χ3v) is 8.24. The van der Waals surface area contributed by atoms with Crippen LogP contribution in [0.3, 0.4) is 0 Å². The summed E-state index contributed by atoms with van der Waals surface area (Å²) in [5, 5.41) is 14.2. The minimum Gasteiger partial charge on any atom is -0.310 e.